The molecular formula is C10H25N2O3PSi. The first-order chi connectivity index (χ1) is 7.49. The fourth-order valence-corrected chi connectivity index (χ4v) is 3.03. The van der Waals surface area contributed by atoms with Crippen molar-refractivity contribution in [3.8, 4) is 0 Å². The topological polar surface area (TPSA) is 64.8 Å². The molecule has 0 rings (SSSR count). The van der Waals surface area contributed by atoms with Crippen molar-refractivity contribution in [2.24, 2.45) is 5.50 Å². The van der Waals surface area contributed by atoms with Crippen molar-refractivity contribution in [1.82, 2.24) is 4.67 Å². The van der Waals surface area contributed by atoms with Gasteiger partial charge in [-0.2, -0.15) is 0 Å². The lowest BCUT2D eigenvalue weighted by Crippen LogP contribution is -2.26. The Labute approximate surface area is 106 Å². The molecule has 102 valence electrons. The molecule has 0 amide bonds. The van der Waals surface area contributed by atoms with E-state index in [0.717, 1.165) is 5.57 Å². The van der Waals surface area contributed by atoms with Gasteiger partial charge < -0.3 is 9.16 Å². The summed E-state index contributed by atoms with van der Waals surface area (Å²) in [5, 5.41) is 0. The van der Waals surface area contributed by atoms with E-state index in [4.69, 9.17) is 14.7 Å². The largest absolute Gasteiger partial charge is 0.520 e. The van der Waals surface area contributed by atoms with Gasteiger partial charge in [0.25, 0.3) is 5.95 Å². The molecule has 0 aromatic heterocycles. The molecule has 0 saturated carbocycles. The van der Waals surface area contributed by atoms with Crippen LogP contribution in [0.3, 0.4) is 0 Å². The Hall–Kier alpha value is -0.293. The van der Waals surface area contributed by atoms with Gasteiger partial charge >= 0.3 is 0 Å². The Morgan fingerprint density at radius 2 is 1.82 bits per heavy atom. The minimum Gasteiger partial charge on any atom is -0.520 e. The zero-order valence-electron chi connectivity index (χ0n) is 11.9. The van der Waals surface area contributed by atoms with Crippen LogP contribution in [0.5, 0.6) is 0 Å². The van der Waals surface area contributed by atoms with Crippen LogP contribution in [0.25, 0.3) is 0 Å². The van der Waals surface area contributed by atoms with Crippen molar-refractivity contribution in [3.05, 3.63) is 11.5 Å². The molecule has 0 aliphatic rings. The van der Waals surface area contributed by atoms with Gasteiger partial charge in [0.1, 0.15) is 0 Å². The predicted octanol–water partition coefficient (Wildman–Crippen LogP) is 2.43. The van der Waals surface area contributed by atoms with Gasteiger partial charge in [-0.15, -0.1) is 0 Å². The average molecular weight is 280 g/mol. The lowest BCUT2D eigenvalue weighted by molar-refractivity contribution is 0.142. The van der Waals surface area contributed by atoms with Crippen molar-refractivity contribution >= 4 is 15.8 Å². The van der Waals surface area contributed by atoms with E-state index in [1.54, 1.807) is 25.9 Å². The summed E-state index contributed by atoms with van der Waals surface area (Å²) < 4.78 is 24.6. The molecular weight excluding hydrogens is 255 g/mol. The summed E-state index contributed by atoms with van der Waals surface area (Å²) in [6.45, 7) is 8.02. The van der Waals surface area contributed by atoms with Gasteiger partial charge in [-0.3, -0.25) is 10.1 Å². The van der Waals surface area contributed by atoms with E-state index < -0.39 is 15.8 Å². The van der Waals surface area contributed by atoms with Crippen molar-refractivity contribution in [1.29, 1.82) is 0 Å². The van der Waals surface area contributed by atoms with Crippen molar-refractivity contribution < 1.29 is 13.7 Å². The number of hydrogen-bond acceptors (Lipinski definition) is 3. The monoisotopic (exact) mass is 280 g/mol. The average Bonchev–Trinajstić information content (AvgIpc) is 2.11. The van der Waals surface area contributed by atoms with Crippen molar-refractivity contribution in [2.75, 3.05) is 27.4 Å². The third-order valence-corrected chi connectivity index (χ3v) is 5.15. The minimum absolute atomic E-state index is 0.271. The van der Waals surface area contributed by atoms with Gasteiger partial charge in [0, 0.05) is 5.57 Å². The normalized spacial score (nSPS) is 17.5. The fraction of sp³-hybridized carbons (Fsp3) is 0.800. The maximum absolute atomic E-state index is 12.1. The second-order valence-electron chi connectivity index (χ2n) is 5.25. The van der Waals surface area contributed by atoms with E-state index in [1.165, 1.54) is 0 Å². The van der Waals surface area contributed by atoms with Crippen LogP contribution in [0, 0.1) is 0 Å². The minimum atomic E-state index is -2.82. The number of methoxy groups -OCH3 is 1. The lowest BCUT2D eigenvalue weighted by Gasteiger charge is -2.25. The number of ether oxygens (including phenoxy) is 1. The standard InChI is InChI=1S/C10H25N2O3PSi/c1-9(8-16(11,13)12(2)3)10(14-4)15-17(5,6)7/h8H2,1-7H3,(H2,11,13). The van der Waals surface area contributed by atoms with Gasteiger partial charge in [-0.1, -0.05) is 0 Å². The zero-order chi connectivity index (χ0) is 13.9. The molecule has 0 aliphatic carbocycles. The first-order valence-electron chi connectivity index (χ1n) is 5.48. The van der Waals surface area contributed by atoms with E-state index in [9.17, 15) is 4.57 Å². The second-order valence-corrected chi connectivity index (χ2v) is 12.3. The van der Waals surface area contributed by atoms with Crippen LogP contribution < -0.4 is 5.50 Å². The highest BCUT2D eigenvalue weighted by Gasteiger charge is 2.24. The molecule has 0 radical (unpaired) electrons. The van der Waals surface area contributed by atoms with E-state index in [2.05, 4.69) is 19.6 Å². The fourth-order valence-electron chi connectivity index (χ4n) is 1.13. The molecule has 0 spiro atoms. The molecule has 0 heterocycles. The van der Waals surface area contributed by atoms with Crippen LogP contribution in [0.2, 0.25) is 19.6 Å². The Bertz CT molecular complexity index is 337. The Morgan fingerprint density at radius 1 is 1.35 bits per heavy atom. The number of nitrogens with two attached hydrogens (primary N) is 1. The van der Waals surface area contributed by atoms with Crippen molar-refractivity contribution in [2.45, 2.75) is 26.6 Å². The molecule has 5 nitrogen and oxygen atoms in total. The van der Waals surface area contributed by atoms with Gasteiger partial charge in [0.05, 0.1) is 13.3 Å². The highest BCUT2D eigenvalue weighted by Crippen LogP contribution is 2.40. The number of allylic oxidation sites excluding steroid dienone is 1. The van der Waals surface area contributed by atoms with Crippen LogP contribution in [0.15, 0.2) is 11.5 Å². The Kier molecular flexibility index (Phi) is 5.94. The molecule has 0 bridgehead atoms. The molecule has 0 aromatic carbocycles. The lowest BCUT2D eigenvalue weighted by atomic mass is 10.4. The van der Waals surface area contributed by atoms with Crippen LogP contribution >= 0.6 is 7.44 Å². The van der Waals surface area contributed by atoms with Crippen LogP contribution in [0.1, 0.15) is 6.92 Å². The number of nitrogens with zero attached hydrogens (tertiary/aromatic N) is 1. The number of hydrogen-bond donors (Lipinski definition) is 1. The molecule has 0 fully saturated rings. The van der Waals surface area contributed by atoms with Gasteiger partial charge in [0.2, 0.25) is 15.8 Å². The molecule has 7 heteroatoms. The summed E-state index contributed by atoms with van der Waals surface area (Å²) in [6, 6.07) is 0. The Morgan fingerprint density at radius 3 is 2.12 bits per heavy atom. The van der Waals surface area contributed by atoms with Crippen LogP contribution in [-0.4, -0.2) is 40.4 Å². The molecule has 0 aromatic rings. The van der Waals surface area contributed by atoms with Gasteiger partial charge in [-0.05, 0) is 40.7 Å². The molecule has 2 N–H and O–H groups in total. The maximum atomic E-state index is 12.1. The molecule has 17 heavy (non-hydrogen) atoms. The highest BCUT2D eigenvalue weighted by atomic mass is 31.2. The van der Waals surface area contributed by atoms with E-state index >= 15 is 0 Å². The van der Waals surface area contributed by atoms with Crippen LogP contribution in [-0.2, 0) is 13.7 Å². The third kappa shape index (κ3) is 6.26. The summed E-state index contributed by atoms with van der Waals surface area (Å²) in [5.74, 6) is 0.455. The summed E-state index contributed by atoms with van der Waals surface area (Å²) in [6.07, 6.45) is 0.271. The summed E-state index contributed by atoms with van der Waals surface area (Å²) in [5.41, 5.74) is 6.55. The van der Waals surface area contributed by atoms with Crippen molar-refractivity contribution in [3.63, 3.8) is 0 Å². The maximum Gasteiger partial charge on any atom is 0.264 e. The summed E-state index contributed by atoms with van der Waals surface area (Å²) in [4.78, 5) is 0. The molecule has 1 unspecified atom stereocenters. The Balaban J connectivity index is 4.95. The summed E-state index contributed by atoms with van der Waals surface area (Å²) in [7, 11) is 0.412. The molecule has 1 atom stereocenters. The zero-order valence-corrected chi connectivity index (χ0v) is 13.8. The highest BCUT2D eigenvalue weighted by molar-refractivity contribution is 7.59. The summed E-state index contributed by atoms with van der Waals surface area (Å²) >= 11 is 0. The van der Waals surface area contributed by atoms with E-state index in [-0.39, 0.29) is 6.16 Å². The smallest absolute Gasteiger partial charge is 0.264 e. The third-order valence-electron chi connectivity index (χ3n) is 2.07. The molecule has 0 aliphatic heterocycles. The number of rotatable bonds is 6. The predicted molar refractivity (Wildman–Crippen MR) is 74.5 cm³/mol. The SMILES string of the molecule is COC(O[Si](C)(C)C)=C(C)CP(N)(=O)N(C)C. The van der Waals surface area contributed by atoms with E-state index in [0.29, 0.717) is 5.95 Å². The second kappa shape index (κ2) is 6.04. The van der Waals surface area contributed by atoms with Gasteiger partial charge in [-0.25, -0.2) is 4.67 Å². The quantitative estimate of drug-likeness (QED) is 0.460. The van der Waals surface area contributed by atoms with Gasteiger partial charge in [0.15, 0.2) is 0 Å². The van der Waals surface area contributed by atoms with Crippen LogP contribution in [0.4, 0.5) is 0 Å². The first-order valence-corrected chi connectivity index (χ1v) is 10.8. The molecule has 0 saturated heterocycles. The van der Waals surface area contributed by atoms with E-state index in [1.807, 2.05) is 6.92 Å². The first kappa shape index (κ1) is 16.7.